The van der Waals surface area contributed by atoms with Gasteiger partial charge in [0.25, 0.3) is 0 Å². The summed E-state index contributed by atoms with van der Waals surface area (Å²) in [7, 11) is -3.51. The monoisotopic (exact) mass is 403 g/mol. The first-order chi connectivity index (χ1) is 12.8. The van der Waals surface area contributed by atoms with E-state index in [2.05, 4.69) is 15.6 Å². The summed E-state index contributed by atoms with van der Waals surface area (Å²) in [4.78, 5) is 27.7. The molecular formula is C18H17N3O4S2. The second-order valence-electron chi connectivity index (χ2n) is 5.81. The summed E-state index contributed by atoms with van der Waals surface area (Å²) in [6.45, 7) is 1.42. The van der Waals surface area contributed by atoms with Crippen LogP contribution in [-0.2, 0) is 19.4 Å². The predicted octanol–water partition coefficient (Wildman–Crippen LogP) is 3.06. The van der Waals surface area contributed by atoms with Crippen LogP contribution < -0.4 is 10.6 Å². The van der Waals surface area contributed by atoms with Crippen LogP contribution in [0, 0.1) is 0 Å². The molecule has 3 aromatic rings. The Morgan fingerprint density at radius 3 is 2.52 bits per heavy atom. The van der Waals surface area contributed by atoms with Crippen molar-refractivity contribution in [2.75, 3.05) is 16.4 Å². The molecule has 2 aromatic carbocycles. The minimum atomic E-state index is -3.51. The number of nitrogens with one attached hydrogen (secondary N) is 2. The van der Waals surface area contributed by atoms with Crippen molar-refractivity contribution in [3.05, 3.63) is 48.5 Å². The van der Waals surface area contributed by atoms with Crippen molar-refractivity contribution in [2.45, 2.75) is 18.2 Å². The molecule has 7 nitrogen and oxygen atoms in total. The molecule has 0 spiro atoms. The highest BCUT2D eigenvalue weighted by molar-refractivity contribution is 7.91. The Morgan fingerprint density at radius 1 is 1.07 bits per heavy atom. The highest BCUT2D eigenvalue weighted by atomic mass is 32.2. The van der Waals surface area contributed by atoms with Crippen LogP contribution >= 0.6 is 11.3 Å². The van der Waals surface area contributed by atoms with Gasteiger partial charge in [-0.25, -0.2) is 13.4 Å². The standard InChI is InChI=1S/C18H17N3O4S2/c1-12(22)19-13-7-8-15-16(11-13)26-18(20-15)21-17(23)9-10-27(24,25)14-5-3-2-4-6-14/h2-8,11H,9-10H2,1H3,(H,19,22)(H,20,21,23). The first-order valence-corrected chi connectivity index (χ1v) is 10.6. The van der Waals surface area contributed by atoms with Gasteiger partial charge in [0.05, 0.1) is 20.9 Å². The number of nitrogens with zero attached hydrogens (tertiary/aromatic N) is 1. The number of rotatable bonds is 6. The van der Waals surface area contributed by atoms with Crippen molar-refractivity contribution in [3.8, 4) is 0 Å². The average Bonchev–Trinajstić information content (AvgIpc) is 3.02. The molecule has 2 amide bonds. The number of carbonyl (C=O) groups is 2. The molecule has 0 aliphatic rings. The normalized spacial score (nSPS) is 11.3. The maximum absolute atomic E-state index is 12.2. The quantitative estimate of drug-likeness (QED) is 0.658. The number of anilines is 2. The second-order valence-corrected chi connectivity index (χ2v) is 8.95. The molecule has 140 valence electrons. The van der Waals surface area contributed by atoms with Crippen LogP contribution in [0.3, 0.4) is 0 Å². The molecular weight excluding hydrogens is 386 g/mol. The molecule has 1 aromatic heterocycles. The van der Waals surface area contributed by atoms with Crippen molar-refractivity contribution in [1.29, 1.82) is 0 Å². The zero-order chi connectivity index (χ0) is 19.4. The van der Waals surface area contributed by atoms with E-state index in [-0.39, 0.29) is 23.0 Å². The SMILES string of the molecule is CC(=O)Nc1ccc2nc(NC(=O)CCS(=O)(=O)c3ccccc3)sc2c1. The molecule has 3 rings (SSSR count). The molecule has 2 N–H and O–H groups in total. The Bertz CT molecular complexity index is 1090. The summed E-state index contributed by atoms with van der Waals surface area (Å²) < 4.78 is 25.3. The molecule has 0 atom stereocenters. The van der Waals surface area contributed by atoms with E-state index < -0.39 is 15.7 Å². The largest absolute Gasteiger partial charge is 0.326 e. The number of thiazole rings is 1. The van der Waals surface area contributed by atoms with Crippen LogP contribution in [0.4, 0.5) is 10.8 Å². The lowest BCUT2D eigenvalue weighted by molar-refractivity contribution is -0.116. The number of fused-ring (bicyclic) bond motifs is 1. The molecule has 0 fully saturated rings. The first-order valence-electron chi connectivity index (χ1n) is 8.09. The summed E-state index contributed by atoms with van der Waals surface area (Å²) in [6, 6.07) is 13.3. The van der Waals surface area contributed by atoms with Crippen molar-refractivity contribution < 1.29 is 18.0 Å². The summed E-state index contributed by atoms with van der Waals surface area (Å²) >= 11 is 1.25. The van der Waals surface area contributed by atoms with E-state index in [1.54, 1.807) is 36.4 Å². The Kier molecular flexibility index (Phi) is 5.52. The fourth-order valence-electron chi connectivity index (χ4n) is 2.41. The number of hydrogen-bond donors (Lipinski definition) is 2. The van der Waals surface area contributed by atoms with E-state index in [9.17, 15) is 18.0 Å². The zero-order valence-corrected chi connectivity index (χ0v) is 16.1. The molecule has 0 saturated carbocycles. The Morgan fingerprint density at radius 2 is 1.81 bits per heavy atom. The van der Waals surface area contributed by atoms with Gasteiger partial charge >= 0.3 is 0 Å². The van der Waals surface area contributed by atoms with Gasteiger partial charge in [-0.2, -0.15) is 0 Å². The minimum absolute atomic E-state index is 0.162. The van der Waals surface area contributed by atoms with Gasteiger partial charge < -0.3 is 10.6 Å². The number of aromatic nitrogens is 1. The number of carbonyl (C=O) groups excluding carboxylic acids is 2. The van der Waals surface area contributed by atoms with Gasteiger partial charge in [-0.15, -0.1) is 0 Å². The van der Waals surface area contributed by atoms with Crippen molar-refractivity contribution in [3.63, 3.8) is 0 Å². The van der Waals surface area contributed by atoms with E-state index >= 15 is 0 Å². The van der Waals surface area contributed by atoms with Gasteiger partial charge in [0.15, 0.2) is 15.0 Å². The van der Waals surface area contributed by atoms with Crippen LogP contribution in [0.1, 0.15) is 13.3 Å². The van der Waals surface area contributed by atoms with Gasteiger partial charge in [-0.3, -0.25) is 9.59 Å². The van der Waals surface area contributed by atoms with E-state index in [1.165, 1.54) is 30.4 Å². The zero-order valence-electron chi connectivity index (χ0n) is 14.4. The van der Waals surface area contributed by atoms with Crippen molar-refractivity contribution in [1.82, 2.24) is 4.98 Å². The van der Waals surface area contributed by atoms with E-state index in [4.69, 9.17) is 0 Å². The van der Waals surface area contributed by atoms with Crippen LogP contribution in [0.25, 0.3) is 10.2 Å². The summed E-state index contributed by atoms with van der Waals surface area (Å²) in [5, 5.41) is 5.70. The van der Waals surface area contributed by atoms with Gasteiger partial charge in [0.2, 0.25) is 11.8 Å². The highest BCUT2D eigenvalue weighted by Crippen LogP contribution is 2.28. The fraction of sp³-hybridized carbons (Fsp3) is 0.167. The molecule has 1 heterocycles. The lowest BCUT2D eigenvalue weighted by atomic mass is 10.3. The predicted molar refractivity (Wildman–Crippen MR) is 106 cm³/mol. The molecule has 27 heavy (non-hydrogen) atoms. The third-order valence-electron chi connectivity index (χ3n) is 3.66. The smallest absolute Gasteiger partial charge is 0.227 e. The lowest BCUT2D eigenvalue weighted by Crippen LogP contribution is -2.17. The van der Waals surface area contributed by atoms with E-state index in [1.807, 2.05) is 0 Å². The maximum atomic E-state index is 12.2. The van der Waals surface area contributed by atoms with E-state index in [0.29, 0.717) is 16.3 Å². The topological polar surface area (TPSA) is 105 Å². The van der Waals surface area contributed by atoms with Crippen molar-refractivity contribution in [2.24, 2.45) is 0 Å². The van der Waals surface area contributed by atoms with Gasteiger partial charge in [-0.05, 0) is 30.3 Å². The number of amides is 2. The van der Waals surface area contributed by atoms with Crippen LogP contribution in [0.15, 0.2) is 53.4 Å². The number of sulfone groups is 1. The number of benzene rings is 2. The maximum Gasteiger partial charge on any atom is 0.227 e. The van der Waals surface area contributed by atoms with E-state index in [0.717, 1.165) is 4.70 Å². The number of hydrogen-bond acceptors (Lipinski definition) is 6. The van der Waals surface area contributed by atoms with Crippen LogP contribution in [-0.4, -0.2) is 31.0 Å². The van der Waals surface area contributed by atoms with Crippen LogP contribution in [0.5, 0.6) is 0 Å². The fourth-order valence-corrected chi connectivity index (χ4v) is 4.60. The minimum Gasteiger partial charge on any atom is -0.326 e. The second kappa shape index (κ2) is 7.85. The Labute approximate surface area is 160 Å². The molecule has 0 aliphatic heterocycles. The van der Waals surface area contributed by atoms with Gasteiger partial charge in [-0.1, -0.05) is 29.5 Å². The van der Waals surface area contributed by atoms with Crippen molar-refractivity contribution >= 4 is 54.0 Å². The summed E-state index contributed by atoms with van der Waals surface area (Å²) in [6.07, 6.45) is -0.162. The molecule has 0 aliphatic carbocycles. The van der Waals surface area contributed by atoms with Gasteiger partial charge in [0.1, 0.15) is 0 Å². The summed E-state index contributed by atoms with van der Waals surface area (Å²) in [5.74, 6) is -0.872. The van der Waals surface area contributed by atoms with Crippen LogP contribution in [0.2, 0.25) is 0 Å². The Balaban J connectivity index is 1.64. The third kappa shape index (κ3) is 4.89. The molecule has 0 saturated heterocycles. The third-order valence-corrected chi connectivity index (χ3v) is 6.32. The summed E-state index contributed by atoms with van der Waals surface area (Å²) in [5.41, 5.74) is 1.33. The Hall–Kier alpha value is -2.78. The highest BCUT2D eigenvalue weighted by Gasteiger charge is 2.17. The first kappa shape index (κ1) is 19.0. The lowest BCUT2D eigenvalue weighted by Gasteiger charge is -2.04. The molecule has 9 heteroatoms. The molecule has 0 bridgehead atoms. The molecule has 0 unspecified atom stereocenters. The van der Waals surface area contributed by atoms with Gasteiger partial charge in [0, 0.05) is 19.0 Å². The molecule has 0 radical (unpaired) electrons. The average molecular weight is 403 g/mol.